The third kappa shape index (κ3) is 7.15. The maximum atomic E-state index is 3.53. The van der Waals surface area contributed by atoms with Gasteiger partial charge in [0, 0.05) is 5.92 Å². The van der Waals surface area contributed by atoms with Crippen LogP contribution >= 0.6 is 0 Å². The van der Waals surface area contributed by atoms with Crippen LogP contribution in [0.1, 0.15) is 97.3 Å². The van der Waals surface area contributed by atoms with Crippen LogP contribution in [0.3, 0.4) is 0 Å². The number of hydrogen-bond donors (Lipinski definition) is 0. The molecule has 2 aliphatic carbocycles. The lowest BCUT2D eigenvalue weighted by Gasteiger charge is -2.25. The minimum Gasteiger partial charge on any atom is -0.0951 e. The third-order valence-corrected chi connectivity index (χ3v) is 6.27. The van der Waals surface area contributed by atoms with Gasteiger partial charge < -0.3 is 0 Å². The van der Waals surface area contributed by atoms with Gasteiger partial charge in [-0.25, -0.2) is 0 Å². The molecule has 0 N–H and O–H groups in total. The Balaban J connectivity index is 1.61. The number of allylic oxidation sites excluding steroid dienone is 2. The smallest absolute Gasteiger partial charge is 0.0206 e. The molecule has 0 aromatic heterocycles. The van der Waals surface area contributed by atoms with Gasteiger partial charge in [-0.2, -0.15) is 0 Å². The fourth-order valence-corrected chi connectivity index (χ4v) is 4.42. The Hall–Kier alpha value is -0.700. The van der Waals surface area contributed by atoms with E-state index >= 15 is 0 Å². The molecule has 0 amide bonds. The van der Waals surface area contributed by atoms with Crippen molar-refractivity contribution in [1.29, 1.82) is 0 Å². The highest BCUT2D eigenvalue weighted by Gasteiger charge is 2.19. The van der Waals surface area contributed by atoms with Crippen LogP contribution in [0.4, 0.5) is 0 Å². The standard InChI is InChI=1S/C23H38/c1-3-5-6-9-21-16-18-23(19-17-21)11-8-7-10-22-14-12-20(4-2)13-15-22/h7,10,20-23H,3-6,9,12-19H2,1-2H3/b10-7+. The molecule has 2 rings (SSSR count). The maximum Gasteiger partial charge on any atom is 0.0206 e. The second-order valence-electron chi connectivity index (χ2n) is 8.05. The lowest BCUT2D eigenvalue weighted by Crippen LogP contribution is -2.13. The average molecular weight is 315 g/mol. The van der Waals surface area contributed by atoms with Crippen molar-refractivity contribution >= 4 is 0 Å². The summed E-state index contributed by atoms with van der Waals surface area (Å²) in [5.41, 5.74) is 0. The molecule has 0 aromatic rings. The van der Waals surface area contributed by atoms with Gasteiger partial charge in [-0.05, 0) is 75.2 Å². The predicted molar refractivity (Wildman–Crippen MR) is 102 cm³/mol. The number of unbranched alkanes of at least 4 members (excludes halogenated alkanes) is 2. The highest BCUT2D eigenvalue weighted by Crippen LogP contribution is 2.32. The highest BCUT2D eigenvalue weighted by atomic mass is 14.2. The first-order valence-electron chi connectivity index (χ1n) is 10.5. The van der Waals surface area contributed by atoms with Gasteiger partial charge in [-0.15, -0.1) is 0 Å². The fraction of sp³-hybridized carbons (Fsp3) is 0.826. The van der Waals surface area contributed by atoms with Crippen LogP contribution in [0.2, 0.25) is 0 Å². The zero-order chi connectivity index (χ0) is 16.3. The summed E-state index contributed by atoms with van der Waals surface area (Å²) < 4.78 is 0. The van der Waals surface area contributed by atoms with Crippen LogP contribution in [-0.4, -0.2) is 0 Å². The Bertz CT molecular complexity index is 378. The first kappa shape index (κ1) is 18.6. The molecule has 0 spiro atoms. The molecule has 0 nitrogen and oxygen atoms in total. The van der Waals surface area contributed by atoms with E-state index in [1.165, 1.54) is 83.5 Å². The molecule has 2 saturated carbocycles. The van der Waals surface area contributed by atoms with Crippen LogP contribution in [0.15, 0.2) is 12.2 Å². The number of hydrogen-bond acceptors (Lipinski definition) is 0. The van der Waals surface area contributed by atoms with E-state index < -0.39 is 0 Å². The molecule has 130 valence electrons. The van der Waals surface area contributed by atoms with E-state index in [1.54, 1.807) is 0 Å². The summed E-state index contributed by atoms with van der Waals surface area (Å²) in [4.78, 5) is 0. The van der Waals surface area contributed by atoms with Crippen molar-refractivity contribution in [2.75, 3.05) is 0 Å². The topological polar surface area (TPSA) is 0 Å². The fourth-order valence-electron chi connectivity index (χ4n) is 4.42. The van der Waals surface area contributed by atoms with E-state index in [0.29, 0.717) is 5.92 Å². The van der Waals surface area contributed by atoms with Crippen molar-refractivity contribution in [1.82, 2.24) is 0 Å². The Morgan fingerprint density at radius 3 is 2.17 bits per heavy atom. The quantitative estimate of drug-likeness (QED) is 0.361. The molecule has 0 radical (unpaired) electrons. The van der Waals surface area contributed by atoms with E-state index in [1.807, 2.05) is 0 Å². The van der Waals surface area contributed by atoms with Crippen molar-refractivity contribution in [3.63, 3.8) is 0 Å². The van der Waals surface area contributed by atoms with Gasteiger partial charge in [0.15, 0.2) is 0 Å². The minimum atomic E-state index is 0.679. The summed E-state index contributed by atoms with van der Waals surface area (Å²) in [5.74, 6) is 10.4. The van der Waals surface area contributed by atoms with Gasteiger partial charge in [0.05, 0.1) is 0 Å². The SMILES string of the molecule is CCCCCC1CCC(C#C/C=C/C2CCC(CC)CC2)CC1. The molecule has 0 aromatic carbocycles. The van der Waals surface area contributed by atoms with Crippen molar-refractivity contribution in [2.24, 2.45) is 23.7 Å². The van der Waals surface area contributed by atoms with Crippen LogP contribution in [0.25, 0.3) is 0 Å². The zero-order valence-electron chi connectivity index (χ0n) is 15.7. The summed E-state index contributed by atoms with van der Waals surface area (Å²) in [6.45, 7) is 4.64. The first-order valence-corrected chi connectivity index (χ1v) is 10.5. The molecule has 23 heavy (non-hydrogen) atoms. The second kappa shape index (κ2) is 11.0. The molecular formula is C23H38. The summed E-state index contributed by atoms with van der Waals surface area (Å²) in [5, 5.41) is 0. The molecule has 0 heterocycles. The summed E-state index contributed by atoms with van der Waals surface area (Å²) in [6.07, 6.45) is 22.8. The van der Waals surface area contributed by atoms with Crippen LogP contribution < -0.4 is 0 Å². The Labute approximate surface area is 145 Å². The van der Waals surface area contributed by atoms with Gasteiger partial charge in [-0.1, -0.05) is 63.9 Å². The summed E-state index contributed by atoms with van der Waals surface area (Å²) in [7, 11) is 0. The van der Waals surface area contributed by atoms with E-state index in [-0.39, 0.29) is 0 Å². The lowest BCUT2D eigenvalue weighted by molar-refractivity contribution is 0.294. The molecule has 0 saturated heterocycles. The van der Waals surface area contributed by atoms with Gasteiger partial charge in [-0.3, -0.25) is 0 Å². The molecule has 0 bridgehead atoms. The molecule has 2 aliphatic rings. The molecule has 0 heteroatoms. The number of rotatable bonds is 6. The lowest BCUT2D eigenvalue weighted by atomic mass is 9.80. The van der Waals surface area contributed by atoms with Gasteiger partial charge in [0.2, 0.25) is 0 Å². The monoisotopic (exact) mass is 314 g/mol. The summed E-state index contributed by atoms with van der Waals surface area (Å²) >= 11 is 0. The third-order valence-electron chi connectivity index (χ3n) is 6.27. The molecule has 0 atom stereocenters. The average Bonchev–Trinajstić information content (AvgIpc) is 2.61. The molecule has 0 aliphatic heterocycles. The largest absolute Gasteiger partial charge is 0.0951 e. The zero-order valence-corrected chi connectivity index (χ0v) is 15.7. The minimum absolute atomic E-state index is 0.679. The van der Waals surface area contributed by atoms with Crippen LogP contribution in [-0.2, 0) is 0 Å². The Kier molecular flexibility index (Phi) is 8.88. The highest BCUT2D eigenvalue weighted by molar-refractivity contribution is 5.18. The second-order valence-corrected chi connectivity index (χ2v) is 8.05. The van der Waals surface area contributed by atoms with E-state index in [9.17, 15) is 0 Å². The molecule has 2 fully saturated rings. The van der Waals surface area contributed by atoms with Crippen LogP contribution in [0.5, 0.6) is 0 Å². The maximum absolute atomic E-state index is 3.53. The van der Waals surface area contributed by atoms with Crippen molar-refractivity contribution < 1.29 is 0 Å². The Morgan fingerprint density at radius 2 is 1.52 bits per heavy atom. The summed E-state index contributed by atoms with van der Waals surface area (Å²) in [6, 6.07) is 0. The van der Waals surface area contributed by atoms with Gasteiger partial charge in [0.1, 0.15) is 0 Å². The first-order chi connectivity index (χ1) is 11.3. The normalized spacial score (nSPS) is 31.7. The van der Waals surface area contributed by atoms with Gasteiger partial charge in [0.25, 0.3) is 0 Å². The predicted octanol–water partition coefficient (Wildman–Crippen LogP) is 7.15. The van der Waals surface area contributed by atoms with Crippen molar-refractivity contribution in [3.05, 3.63) is 12.2 Å². The molecule has 0 unspecified atom stereocenters. The van der Waals surface area contributed by atoms with E-state index in [2.05, 4.69) is 37.8 Å². The van der Waals surface area contributed by atoms with Gasteiger partial charge >= 0.3 is 0 Å². The van der Waals surface area contributed by atoms with E-state index in [4.69, 9.17) is 0 Å². The van der Waals surface area contributed by atoms with Crippen molar-refractivity contribution in [2.45, 2.75) is 97.3 Å². The van der Waals surface area contributed by atoms with Crippen molar-refractivity contribution in [3.8, 4) is 11.8 Å². The molecular weight excluding hydrogens is 276 g/mol. The van der Waals surface area contributed by atoms with E-state index in [0.717, 1.165) is 17.8 Å². The Morgan fingerprint density at radius 1 is 0.826 bits per heavy atom. The van der Waals surface area contributed by atoms with Crippen LogP contribution in [0, 0.1) is 35.5 Å².